The summed E-state index contributed by atoms with van der Waals surface area (Å²) >= 11 is 6.03. The first-order chi connectivity index (χ1) is 19.6. The number of aromatic nitrogens is 2. The molecule has 0 amide bonds. The number of halogens is 3. The minimum absolute atomic E-state index is 0. The standard InChI is InChI=1S/C35H35ClN4.2BrH/c1-37(33-14-12-32(36)13-15-33)34-16-22-38(23-17-34)26-28-4-8-30(9-5-28)31-10-6-29(7-11-31)27-39-24-18-35(19-25-39)40-20-2-3-21-40;;/h4-19,22-25H,2-3,20-21,26-27H2,1H3;2*1H/q+2;;/p-2. The van der Waals surface area contributed by atoms with Crippen molar-refractivity contribution in [2.24, 2.45) is 0 Å². The molecule has 0 radical (unpaired) electrons. The lowest BCUT2D eigenvalue weighted by Gasteiger charge is -2.18. The fraction of sp³-hybridized carbons (Fsp3) is 0.200. The van der Waals surface area contributed by atoms with Gasteiger partial charge in [-0.15, -0.1) is 0 Å². The summed E-state index contributed by atoms with van der Waals surface area (Å²) < 4.78 is 4.46. The minimum atomic E-state index is 0. The molecule has 7 heteroatoms. The summed E-state index contributed by atoms with van der Waals surface area (Å²) in [7, 11) is 2.07. The zero-order chi connectivity index (χ0) is 27.3. The first kappa shape index (κ1) is 31.7. The predicted molar refractivity (Wildman–Crippen MR) is 164 cm³/mol. The molecule has 0 atom stereocenters. The molecule has 1 saturated heterocycles. The number of rotatable bonds is 8. The third-order valence-corrected chi connectivity index (χ3v) is 8.04. The zero-order valence-electron chi connectivity index (χ0n) is 23.7. The highest BCUT2D eigenvalue weighted by molar-refractivity contribution is 6.30. The maximum Gasteiger partial charge on any atom is 0.173 e. The van der Waals surface area contributed by atoms with Gasteiger partial charge in [-0.2, -0.15) is 0 Å². The molecule has 216 valence electrons. The molecule has 5 aromatic rings. The molecule has 1 aliphatic rings. The molecule has 1 fully saturated rings. The van der Waals surface area contributed by atoms with Crippen molar-refractivity contribution < 1.29 is 43.1 Å². The van der Waals surface area contributed by atoms with Crippen LogP contribution in [0.15, 0.2) is 122 Å². The largest absolute Gasteiger partial charge is 1.00 e. The molecular weight excluding hydrogens is 672 g/mol. The second-order valence-corrected chi connectivity index (χ2v) is 11.0. The van der Waals surface area contributed by atoms with Gasteiger partial charge in [0, 0.05) is 71.9 Å². The monoisotopic (exact) mass is 704 g/mol. The van der Waals surface area contributed by atoms with Gasteiger partial charge in [0.25, 0.3) is 0 Å². The van der Waals surface area contributed by atoms with Crippen molar-refractivity contribution in [3.63, 3.8) is 0 Å². The van der Waals surface area contributed by atoms with E-state index in [1.54, 1.807) is 0 Å². The van der Waals surface area contributed by atoms with E-state index >= 15 is 0 Å². The summed E-state index contributed by atoms with van der Waals surface area (Å²) in [5.41, 5.74) is 8.64. The maximum absolute atomic E-state index is 6.03. The van der Waals surface area contributed by atoms with Crippen LogP contribution in [0, 0.1) is 0 Å². The van der Waals surface area contributed by atoms with Crippen molar-refractivity contribution in [3.05, 3.63) is 138 Å². The summed E-state index contributed by atoms with van der Waals surface area (Å²) in [4.78, 5) is 4.63. The molecule has 3 heterocycles. The van der Waals surface area contributed by atoms with Crippen LogP contribution < -0.4 is 52.9 Å². The van der Waals surface area contributed by atoms with Crippen LogP contribution in [-0.4, -0.2) is 20.1 Å². The maximum atomic E-state index is 6.03. The predicted octanol–water partition coefficient (Wildman–Crippen LogP) is 1.05. The average Bonchev–Trinajstić information content (AvgIpc) is 3.54. The molecule has 1 aliphatic heterocycles. The minimum Gasteiger partial charge on any atom is -1.00 e. The summed E-state index contributed by atoms with van der Waals surface area (Å²) in [6.45, 7) is 4.08. The van der Waals surface area contributed by atoms with E-state index < -0.39 is 0 Å². The van der Waals surface area contributed by atoms with Gasteiger partial charge < -0.3 is 43.8 Å². The van der Waals surface area contributed by atoms with E-state index in [2.05, 4.69) is 124 Å². The SMILES string of the molecule is CN(c1ccc(Cl)cc1)c1cc[n+](Cc2ccc(-c3ccc(C[n+]4ccc(N5CCCC5)cc4)cc3)cc2)cc1.[Br-].[Br-]. The van der Waals surface area contributed by atoms with Crippen LogP contribution in [0.4, 0.5) is 17.1 Å². The van der Waals surface area contributed by atoms with Crippen LogP contribution in [0.2, 0.25) is 5.02 Å². The van der Waals surface area contributed by atoms with E-state index in [0.717, 1.165) is 29.5 Å². The van der Waals surface area contributed by atoms with Crippen molar-refractivity contribution in [1.29, 1.82) is 0 Å². The van der Waals surface area contributed by atoms with Crippen molar-refractivity contribution in [1.82, 2.24) is 0 Å². The van der Waals surface area contributed by atoms with Gasteiger partial charge in [0.05, 0.1) is 5.69 Å². The highest BCUT2D eigenvalue weighted by Crippen LogP contribution is 2.24. The highest BCUT2D eigenvalue weighted by Gasteiger charge is 2.14. The fourth-order valence-electron chi connectivity index (χ4n) is 5.36. The zero-order valence-corrected chi connectivity index (χ0v) is 27.6. The van der Waals surface area contributed by atoms with Crippen LogP contribution in [0.5, 0.6) is 0 Å². The first-order valence-electron chi connectivity index (χ1n) is 14.0. The number of hydrogen-bond acceptors (Lipinski definition) is 2. The Bertz CT molecular complexity index is 1530. The molecule has 0 N–H and O–H groups in total. The summed E-state index contributed by atoms with van der Waals surface area (Å²) in [6, 6.07) is 34.5. The fourth-order valence-corrected chi connectivity index (χ4v) is 5.49. The van der Waals surface area contributed by atoms with Gasteiger partial charge >= 0.3 is 0 Å². The Hall–Kier alpha value is -3.19. The molecule has 0 saturated carbocycles. The van der Waals surface area contributed by atoms with E-state index in [4.69, 9.17) is 11.6 Å². The number of benzene rings is 3. The van der Waals surface area contributed by atoms with E-state index in [1.165, 1.54) is 53.9 Å². The lowest BCUT2D eigenvalue weighted by atomic mass is 10.0. The van der Waals surface area contributed by atoms with Crippen LogP contribution in [0.3, 0.4) is 0 Å². The summed E-state index contributed by atoms with van der Waals surface area (Å²) in [5, 5.41) is 0.749. The molecular formula is C35H35Br2ClN4. The van der Waals surface area contributed by atoms with Gasteiger partial charge in [-0.05, 0) is 48.2 Å². The highest BCUT2D eigenvalue weighted by atomic mass is 79.9. The topological polar surface area (TPSA) is 14.2 Å². The molecule has 0 unspecified atom stereocenters. The molecule has 2 aromatic heterocycles. The molecule has 0 aliphatic carbocycles. The van der Waals surface area contributed by atoms with Crippen LogP contribution in [-0.2, 0) is 13.1 Å². The smallest absolute Gasteiger partial charge is 0.173 e. The lowest BCUT2D eigenvalue weighted by molar-refractivity contribution is -0.688. The van der Waals surface area contributed by atoms with Gasteiger partial charge in [-0.1, -0.05) is 60.1 Å². The van der Waals surface area contributed by atoms with Crippen LogP contribution >= 0.6 is 11.6 Å². The molecule has 0 spiro atoms. The van der Waals surface area contributed by atoms with Crippen molar-refractivity contribution in [3.8, 4) is 11.1 Å². The Balaban J connectivity index is 0.00000202. The lowest BCUT2D eigenvalue weighted by Crippen LogP contribution is -3.00. The van der Waals surface area contributed by atoms with Gasteiger partial charge in [0.1, 0.15) is 0 Å². The third-order valence-electron chi connectivity index (χ3n) is 7.79. The average molecular weight is 707 g/mol. The Morgan fingerprint density at radius 2 is 1.02 bits per heavy atom. The number of nitrogens with zero attached hydrogens (tertiary/aromatic N) is 4. The quantitative estimate of drug-likeness (QED) is 0.225. The van der Waals surface area contributed by atoms with Crippen molar-refractivity contribution in [2.75, 3.05) is 29.9 Å². The Morgan fingerprint density at radius 1 is 0.595 bits per heavy atom. The third kappa shape index (κ3) is 7.80. The van der Waals surface area contributed by atoms with E-state index in [1.807, 2.05) is 24.3 Å². The van der Waals surface area contributed by atoms with Crippen molar-refractivity contribution >= 4 is 28.7 Å². The first-order valence-corrected chi connectivity index (χ1v) is 14.4. The Kier molecular flexibility index (Phi) is 11.2. The number of pyridine rings is 2. The second-order valence-electron chi connectivity index (χ2n) is 10.6. The molecule has 4 nitrogen and oxygen atoms in total. The molecule has 6 rings (SSSR count). The van der Waals surface area contributed by atoms with E-state index in [-0.39, 0.29) is 34.0 Å². The summed E-state index contributed by atoms with van der Waals surface area (Å²) in [6.07, 6.45) is 11.3. The summed E-state index contributed by atoms with van der Waals surface area (Å²) in [5.74, 6) is 0. The van der Waals surface area contributed by atoms with Crippen LogP contribution in [0.1, 0.15) is 24.0 Å². The Morgan fingerprint density at radius 3 is 1.50 bits per heavy atom. The Labute approximate surface area is 275 Å². The van der Waals surface area contributed by atoms with Crippen LogP contribution in [0.25, 0.3) is 11.1 Å². The van der Waals surface area contributed by atoms with Crippen molar-refractivity contribution in [2.45, 2.75) is 25.9 Å². The normalized spacial score (nSPS) is 12.4. The van der Waals surface area contributed by atoms with Gasteiger partial charge in [-0.25, -0.2) is 9.13 Å². The molecule has 3 aromatic carbocycles. The molecule has 42 heavy (non-hydrogen) atoms. The van der Waals surface area contributed by atoms with Gasteiger partial charge in [0.2, 0.25) is 0 Å². The number of hydrogen-bond donors (Lipinski definition) is 0. The number of anilines is 3. The van der Waals surface area contributed by atoms with E-state index in [0.29, 0.717) is 0 Å². The molecule has 0 bridgehead atoms. The van der Waals surface area contributed by atoms with Gasteiger partial charge in [-0.3, -0.25) is 0 Å². The van der Waals surface area contributed by atoms with Gasteiger partial charge in [0.15, 0.2) is 37.9 Å². The van der Waals surface area contributed by atoms with E-state index in [9.17, 15) is 0 Å². The second kappa shape index (κ2) is 14.8.